The van der Waals surface area contributed by atoms with Gasteiger partial charge in [0, 0.05) is 20.9 Å². The molecule has 0 aliphatic rings. The zero-order valence-corrected chi connectivity index (χ0v) is 11.7. The number of carbonyl (C=O) groups excluding carboxylic acids is 1. The van der Waals surface area contributed by atoms with Gasteiger partial charge in [-0.25, -0.2) is 0 Å². The maximum atomic E-state index is 11.8. The standard InChI is InChI=1S/C12H12Br2O/c1-3-8(2)4-12(15)9-5-10(13)7-11(14)6-9/h5-7H,2-4H2,1H3. The number of ketones is 1. The summed E-state index contributed by atoms with van der Waals surface area (Å²) < 4.78 is 1.81. The quantitative estimate of drug-likeness (QED) is 0.574. The number of halogens is 2. The molecular formula is C12H12Br2O. The Morgan fingerprint density at radius 2 is 1.80 bits per heavy atom. The second-order valence-corrected chi connectivity index (χ2v) is 5.19. The Hall–Kier alpha value is -0.410. The van der Waals surface area contributed by atoms with Crippen molar-refractivity contribution in [1.29, 1.82) is 0 Å². The Morgan fingerprint density at radius 1 is 1.27 bits per heavy atom. The predicted molar refractivity (Wildman–Crippen MR) is 70.2 cm³/mol. The largest absolute Gasteiger partial charge is 0.294 e. The number of allylic oxidation sites excluding steroid dienone is 1. The molecule has 1 aromatic rings. The minimum Gasteiger partial charge on any atom is -0.294 e. The van der Waals surface area contributed by atoms with Crippen LogP contribution in [0.3, 0.4) is 0 Å². The van der Waals surface area contributed by atoms with Crippen LogP contribution in [0.25, 0.3) is 0 Å². The Balaban J connectivity index is 2.86. The Kier molecular flexibility index (Phi) is 4.74. The number of benzene rings is 1. The second-order valence-electron chi connectivity index (χ2n) is 3.36. The van der Waals surface area contributed by atoms with Crippen molar-refractivity contribution in [2.75, 3.05) is 0 Å². The van der Waals surface area contributed by atoms with Crippen LogP contribution in [0.1, 0.15) is 30.1 Å². The predicted octanol–water partition coefficient (Wildman–Crippen LogP) is 4.75. The molecule has 15 heavy (non-hydrogen) atoms. The van der Waals surface area contributed by atoms with Gasteiger partial charge in [0.2, 0.25) is 0 Å². The summed E-state index contributed by atoms with van der Waals surface area (Å²) >= 11 is 6.72. The lowest BCUT2D eigenvalue weighted by Crippen LogP contribution is -2.00. The average Bonchev–Trinajstić information content (AvgIpc) is 2.16. The molecule has 0 N–H and O–H groups in total. The van der Waals surface area contributed by atoms with Gasteiger partial charge in [-0.1, -0.05) is 50.9 Å². The summed E-state index contributed by atoms with van der Waals surface area (Å²) in [6.07, 6.45) is 1.28. The molecule has 0 atom stereocenters. The van der Waals surface area contributed by atoms with Crippen LogP contribution in [0, 0.1) is 0 Å². The van der Waals surface area contributed by atoms with Gasteiger partial charge in [0.1, 0.15) is 0 Å². The normalized spacial score (nSPS) is 10.1. The summed E-state index contributed by atoms with van der Waals surface area (Å²) in [7, 11) is 0. The van der Waals surface area contributed by atoms with Crippen molar-refractivity contribution in [3.8, 4) is 0 Å². The number of Topliss-reactive ketones (excluding diaryl/α,β-unsaturated/α-hetero) is 1. The lowest BCUT2D eigenvalue weighted by Gasteiger charge is -2.04. The average molecular weight is 332 g/mol. The van der Waals surface area contributed by atoms with Gasteiger partial charge >= 0.3 is 0 Å². The van der Waals surface area contributed by atoms with E-state index < -0.39 is 0 Å². The SMILES string of the molecule is C=C(CC)CC(=O)c1cc(Br)cc(Br)c1. The lowest BCUT2D eigenvalue weighted by atomic mass is 10.0. The van der Waals surface area contributed by atoms with E-state index in [1.54, 1.807) is 0 Å². The highest BCUT2D eigenvalue weighted by Crippen LogP contribution is 2.22. The third kappa shape index (κ3) is 3.92. The maximum absolute atomic E-state index is 11.8. The second kappa shape index (κ2) is 5.61. The molecule has 0 bridgehead atoms. The third-order valence-electron chi connectivity index (χ3n) is 2.10. The van der Waals surface area contributed by atoms with Crippen molar-refractivity contribution in [2.45, 2.75) is 19.8 Å². The van der Waals surface area contributed by atoms with E-state index in [1.807, 2.05) is 25.1 Å². The van der Waals surface area contributed by atoms with E-state index in [0.717, 1.165) is 20.9 Å². The third-order valence-corrected chi connectivity index (χ3v) is 3.01. The van der Waals surface area contributed by atoms with Gasteiger partial charge < -0.3 is 0 Å². The van der Waals surface area contributed by atoms with E-state index in [-0.39, 0.29) is 5.78 Å². The van der Waals surface area contributed by atoms with Gasteiger partial charge in [-0.3, -0.25) is 4.79 Å². The summed E-state index contributed by atoms with van der Waals surface area (Å²) in [5.41, 5.74) is 1.68. The maximum Gasteiger partial charge on any atom is 0.166 e. The Labute approximate surface area is 107 Å². The summed E-state index contributed by atoms with van der Waals surface area (Å²) in [6, 6.07) is 5.57. The van der Waals surface area contributed by atoms with E-state index in [4.69, 9.17) is 0 Å². The van der Waals surface area contributed by atoms with Crippen molar-refractivity contribution in [1.82, 2.24) is 0 Å². The first-order valence-electron chi connectivity index (χ1n) is 4.69. The zero-order chi connectivity index (χ0) is 11.4. The first kappa shape index (κ1) is 12.7. The van der Waals surface area contributed by atoms with Gasteiger partial charge in [-0.2, -0.15) is 0 Å². The minimum absolute atomic E-state index is 0.115. The van der Waals surface area contributed by atoms with E-state index in [9.17, 15) is 4.79 Å². The number of hydrogen-bond donors (Lipinski definition) is 0. The van der Waals surface area contributed by atoms with Crippen LogP contribution in [-0.2, 0) is 0 Å². The molecule has 0 saturated heterocycles. The fourth-order valence-corrected chi connectivity index (χ4v) is 2.46. The fourth-order valence-electron chi connectivity index (χ4n) is 1.17. The van der Waals surface area contributed by atoms with Crippen LogP contribution >= 0.6 is 31.9 Å². The highest BCUT2D eigenvalue weighted by Gasteiger charge is 2.08. The van der Waals surface area contributed by atoms with Crippen LogP contribution in [0.15, 0.2) is 39.3 Å². The summed E-state index contributed by atoms with van der Waals surface area (Å²) in [4.78, 5) is 11.8. The number of hydrogen-bond acceptors (Lipinski definition) is 1. The molecule has 0 heterocycles. The van der Waals surface area contributed by atoms with Crippen LogP contribution in [0.4, 0.5) is 0 Å². The molecular weight excluding hydrogens is 320 g/mol. The molecule has 1 nitrogen and oxygen atoms in total. The molecule has 0 radical (unpaired) electrons. The van der Waals surface area contributed by atoms with Crippen molar-refractivity contribution in [3.05, 3.63) is 44.9 Å². The zero-order valence-electron chi connectivity index (χ0n) is 8.52. The summed E-state index contributed by atoms with van der Waals surface area (Å²) in [5.74, 6) is 0.115. The molecule has 0 unspecified atom stereocenters. The van der Waals surface area contributed by atoms with Crippen LogP contribution < -0.4 is 0 Å². The monoisotopic (exact) mass is 330 g/mol. The van der Waals surface area contributed by atoms with E-state index in [1.165, 1.54) is 0 Å². The van der Waals surface area contributed by atoms with Crippen molar-refractivity contribution in [2.24, 2.45) is 0 Å². The highest BCUT2D eigenvalue weighted by atomic mass is 79.9. The highest BCUT2D eigenvalue weighted by molar-refractivity contribution is 9.11. The first-order chi connectivity index (χ1) is 7.02. The van der Waals surface area contributed by atoms with E-state index >= 15 is 0 Å². The van der Waals surface area contributed by atoms with Crippen LogP contribution in [0.2, 0.25) is 0 Å². The minimum atomic E-state index is 0.115. The molecule has 1 rings (SSSR count). The summed E-state index contributed by atoms with van der Waals surface area (Å²) in [6.45, 7) is 5.85. The summed E-state index contributed by atoms with van der Waals surface area (Å²) in [5, 5.41) is 0. The van der Waals surface area contributed by atoms with Crippen molar-refractivity contribution >= 4 is 37.6 Å². The Morgan fingerprint density at radius 3 is 2.27 bits per heavy atom. The Bertz CT molecular complexity index is 376. The molecule has 0 aliphatic heterocycles. The van der Waals surface area contributed by atoms with Crippen molar-refractivity contribution in [3.63, 3.8) is 0 Å². The molecule has 3 heteroatoms. The molecule has 80 valence electrons. The van der Waals surface area contributed by atoms with Gasteiger partial charge in [0.25, 0.3) is 0 Å². The molecule has 0 amide bonds. The first-order valence-corrected chi connectivity index (χ1v) is 6.27. The van der Waals surface area contributed by atoms with E-state index in [0.29, 0.717) is 12.0 Å². The molecule has 0 aliphatic carbocycles. The fraction of sp³-hybridized carbons (Fsp3) is 0.250. The van der Waals surface area contributed by atoms with Crippen LogP contribution in [-0.4, -0.2) is 5.78 Å². The van der Waals surface area contributed by atoms with Gasteiger partial charge in [-0.15, -0.1) is 0 Å². The lowest BCUT2D eigenvalue weighted by molar-refractivity contribution is 0.0992. The molecule has 0 saturated carbocycles. The van der Waals surface area contributed by atoms with Gasteiger partial charge in [0.15, 0.2) is 5.78 Å². The van der Waals surface area contributed by atoms with Crippen molar-refractivity contribution < 1.29 is 4.79 Å². The molecule has 0 spiro atoms. The topological polar surface area (TPSA) is 17.1 Å². The van der Waals surface area contributed by atoms with Gasteiger partial charge in [-0.05, 0) is 24.6 Å². The number of carbonyl (C=O) groups is 1. The molecule has 1 aromatic carbocycles. The van der Waals surface area contributed by atoms with E-state index in [2.05, 4.69) is 38.4 Å². The van der Waals surface area contributed by atoms with Crippen LogP contribution in [0.5, 0.6) is 0 Å². The smallest absolute Gasteiger partial charge is 0.166 e. The molecule has 0 fully saturated rings. The van der Waals surface area contributed by atoms with Gasteiger partial charge in [0.05, 0.1) is 0 Å². The number of rotatable bonds is 4. The molecule has 0 aromatic heterocycles.